The maximum Gasteiger partial charge on any atom is 0.443 e. The number of hydrogen-bond acceptors (Lipinski definition) is 6. The predicted molar refractivity (Wildman–Crippen MR) is 118 cm³/mol. The smallest absolute Gasteiger partial charge is 0.443 e. The largest absolute Gasteiger partial charge is 0.456 e. The Labute approximate surface area is 193 Å². The van der Waals surface area contributed by atoms with E-state index < -0.39 is 17.2 Å². The van der Waals surface area contributed by atoms with Gasteiger partial charge in [-0.3, -0.25) is 0 Å². The van der Waals surface area contributed by atoms with E-state index in [-0.39, 0.29) is 21.9 Å². The van der Waals surface area contributed by atoms with Crippen molar-refractivity contribution < 1.29 is 22.7 Å². The third-order valence-electron chi connectivity index (χ3n) is 4.15. The summed E-state index contributed by atoms with van der Waals surface area (Å²) in [5, 5.41) is 13.3. The van der Waals surface area contributed by atoms with Crippen molar-refractivity contribution in [3.8, 4) is 17.6 Å². The SMILES string of the molecule is N#Cc1cc(Oc2ccc(NC(=O)Nc3ccc4sc(C(F)(F)F)nc4c3)cc2Cl)ccn1. The van der Waals surface area contributed by atoms with E-state index in [1.807, 2.05) is 6.07 Å². The fourth-order valence-corrected chi connectivity index (χ4v) is 3.78. The van der Waals surface area contributed by atoms with Crippen molar-refractivity contribution in [2.24, 2.45) is 0 Å². The third-order valence-corrected chi connectivity index (χ3v) is 5.53. The Morgan fingerprint density at radius 1 is 1.09 bits per heavy atom. The summed E-state index contributed by atoms with van der Waals surface area (Å²) in [6, 6.07) is 13.1. The van der Waals surface area contributed by atoms with E-state index >= 15 is 0 Å². The number of fused-ring (bicyclic) bond motifs is 1. The maximum atomic E-state index is 12.8. The second kappa shape index (κ2) is 8.93. The van der Waals surface area contributed by atoms with Crippen molar-refractivity contribution in [1.29, 1.82) is 5.26 Å². The van der Waals surface area contributed by atoms with Crippen LogP contribution in [0.5, 0.6) is 11.5 Å². The molecule has 2 amide bonds. The maximum absolute atomic E-state index is 12.8. The van der Waals surface area contributed by atoms with Crippen LogP contribution in [0.15, 0.2) is 54.7 Å². The van der Waals surface area contributed by atoms with E-state index in [0.29, 0.717) is 33.2 Å². The summed E-state index contributed by atoms with van der Waals surface area (Å²) in [5.41, 5.74) is 0.942. The number of urea groups is 1. The fraction of sp³-hybridized carbons (Fsp3) is 0.0476. The van der Waals surface area contributed by atoms with Crippen molar-refractivity contribution in [1.82, 2.24) is 9.97 Å². The minimum Gasteiger partial charge on any atom is -0.456 e. The van der Waals surface area contributed by atoms with Gasteiger partial charge in [-0.1, -0.05) is 11.6 Å². The van der Waals surface area contributed by atoms with E-state index in [4.69, 9.17) is 21.6 Å². The Kier molecular flexibility index (Phi) is 6.04. The monoisotopic (exact) mass is 489 g/mol. The minimum atomic E-state index is -4.53. The number of rotatable bonds is 4. The Balaban J connectivity index is 1.43. The first-order valence-electron chi connectivity index (χ1n) is 9.10. The second-order valence-electron chi connectivity index (χ2n) is 6.51. The number of ether oxygens (including phenoxy) is 1. The topological polar surface area (TPSA) is 99.9 Å². The molecule has 2 heterocycles. The average molecular weight is 490 g/mol. The molecule has 0 saturated carbocycles. The Hall–Kier alpha value is -3.88. The van der Waals surface area contributed by atoms with E-state index in [2.05, 4.69) is 20.6 Å². The molecule has 0 unspecified atom stereocenters. The van der Waals surface area contributed by atoms with Gasteiger partial charge < -0.3 is 15.4 Å². The van der Waals surface area contributed by atoms with Crippen LogP contribution in [0.1, 0.15) is 10.7 Å². The number of benzene rings is 2. The van der Waals surface area contributed by atoms with Crippen molar-refractivity contribution in [3.63, 3.8) is 0 Å². The molecule has 0 radical (unpaired) electrons. The molecule has 0 aliphatic carbocycles. The average Bonchev–Trinajstić information content (AvgIpc) is 3.20. The predicted octanol–water partition coefficient (Wildman–Crippen LogP) is 6.67. The summed E-state index contributed by atoms with van der Waals surface area (Å²) in [4.78, 5) is 19.7. The summed E-state index contributed by atoms with van der Waals surface area (Å²) >= 11 is 6.75. The number of nitriles is 1. The fourth-order valence-electron chi connectivity index (χ4n) is 2.74. The molecule has 33 heavy (non-hydrogen) atoms. The number of thiazole rings is 1. The van der Waals surface area contributed by atoms with Gasteiger partial charge in [0.1, 0.15) is 23.3 Å². The molecule has 0 bridgehead atoms. The molecule has 0 fully saturated rings. The van der Waals surface area contributed by atoms with Crippen LogP contribution in [-0.2, 0) is 6.18 Å². The van der Waals surface area contributed by atoms with Crippen molar-refractivity contribution in [2.45, 2.75) is 6.18 Å². The summed E-state index contributed by atoms with van der Waals surface area (Å²) in [5.74, 6) is 0.667. The molecule has 2 aromatic carbocycles. The number of amides is 2. The zero-order chi connectivity index (χ0) is 23.6. The number of anilines is 2. The minimum absolute atomic E-state index is 0.130. The van der Waals surface area contributed by atoms with Crippen molar-refractivity contribution in [3.05, 3.63) is 70.5 Å². The molecule has 2 aromatic heterocycles. The number of hydrogen-bond donors (Lipinski definition) is 2. The summed E-state index contributed by atoms with van der Waals surface area (Å²) in [7, 11) is 0. The molecule has 0 spiro atoms. The molecule has 0 saturated heterocycles. The molecule has 0 aliphatic rings. The lowest BCUT2D eigenvalue weighted by Crippen LogP contribution is -2.19. The highest BCUT2D eigenvalue weighted by molar-refractivity contribution is 7.18. The second-order valence-corrected chi connectivity index (χ2v) is 7.95. The number of nitrogens with one attached hydrogen (secondary N) is 2. The van der Waals surface area contributed by atoms with Gasteiger partial charge in [-0.25, -0.2) is 14.8 Å². The molecule has 7 nitrogen and oxygen atoms in total. The lowest BCUT2D eigenvalue weighted by Gasteiger charge is -2.11. The first-order valence-corrected chi connectivity index (χ1v) is 10.3. The molecule has 4 rings (SSSR count). The Bertz CT molecular complexity index is 1400. The highest BCUT2D eigenvalue weighted by Crippen LogP contribution is 2.36. The molecule has 2 N–H and O–H groups in total. The molecule has 4 aromatic rings. The standard InChI is InChI=1S/C21H11ClF3N5O2S/c22-15-8-11(1-3-17(15)32-14-5-6-27-13(7-14)10-26)28-20(31)29-12-2-4-18-16(9-12)30-19(33-18)21(23,24)25/h1-9H,(H2,28,29,31). The normalized spacial score (nSPS) is 11.1. The first-order chi connectivity index (χ1) is 15.7. The number of halogens is 4. The molecule has 0 aliphatic heterocycles. The molecular formula is C21H11ClF3N5O2S. The third kappa shape index (κ3) is 5.31. The van der Waals surface area contributed by atoms with Gasteiger partial charge in [0, 0.05) is 23.6 Å². The van der Waals surface area contributed by atoms with Crippen LogP contribution in [0.3, 0.4) is 0 Å². The lowest BCUT2D eigenvalue weighted by atomic mass is 10.3. The molecule has 0 atom stereocenters. The van der Waals surface area contributed by atoms with Crippen LogP contribution in [0.25, 0.3) is 10.2 Å². The van der Waals surface area contributed by atoms with Crippen molar-refractivity contribution >= 4 is 50.6 Å². The van der Waals surface area contributed by atoms with E-state index in [1.54, 1.807) is 12.1 Å². The van der Waals surface area contributed by atoms with Gasteiger partial charge in [0.2, 0.25) is 0 Å². The van der Waals surface area contributed by atoms with Gasteiger partial charge in [0.25, 0.3) is 0 Å². The van der Waals surface area contributed by atoms with E-state index in [9.17, 15) is 18.0 Å². The van der Waals surface area contributed by atoms with Crippen LogP contribution in [-0.4, -0.2) is 16.0 Å². The van der Waals surface area contributed by atoms with Crippen LogP contribution in [0.2, 0.25) is 5.02 Å². The number of pyridine rings is 1. The lowest BCUT2D eigenvalue weighted by molar-refractivity contribution is -0.137. The van der Waals surface area contributed by atoms with Crippen LogP contribution >= 0.6 is 22.9 Å². The van der Waals surface area contributed by atoms with Gasteiger partial charge in [-0.15, -0.1) is 11.3 Å². The van der Waals surface area contributed by atoms with Gasteiger partial charge in [0.05, 0.1) is 15.2 Å². The van der Waals surface area contributed by atoms with E-state index in [0.717, 1.165) is 0 Å². The Morgan fingerprint density at radius 2 is 1.82 bits per heavy atom. The van der Waals surface area contributed by atoms with Crippen LogP contribution < -0.4 is 15.4 Å². The van der Waals surface area contributed by atoms with Gasteiger partial charge in [-0.2, -0.15) is 18.4 Å². The van der Waals surface area contributed by atoms with Gasteiger partial charge in [0.15, 0.2) is 5.01 Å². The number of nitrogens with zero attached hydrogens (tertiary/aromatic N) is 3. The summed E-state index contributed by atoms with van der Waals surface area (Å²) in [6.07, 6.45) is -3.10. The Morgan fingerprint density at radius 3 is 2.52 bits per heavy atom. The molecular weight excluding hydrogens is 479 g/mol. The highest BCUT2D eigenvalue weighted by Gasteiger charge is 2.34. The van der Waals surface area contributed by atoms with Crippen LogP contribution in [0.4, 0.5) is 29.3 Å². The van der Waals surface area contributed by atoms with Crippen molar-refractivity contribution in [2.75, 3.05) is 10.6 Å². The molecule has 166 valence electrons. The van der Waals surface area contributed by atoms with E-state index in [1.165, 1.54) is 42.6 Å². The van der Waals surface area contributed by atoms with Crippen LogP contribution in [0, 0.1) is 11.3 Å². The number of carbonyl (C=O) groups is 1. The highest BCUT2D eigenvalue weighted by atomic mass is 35.5. The zero-order valence-corrected chi connectivity index (χ0v) is 17.8. The number of aromatic nitrogens is 2. The zero-order valence-electron chi connectivity index (χ0n) is 16.3. The number of carbonyl (C=O) groups excluding carboxylic acids is 1. The quantitative estimate of drug-likeness (QED) is 0.333. The van der Waals surface area contributed by atoms with Gasteiger partial charge >= 0.3 is 12.2 Å². The number of alkyl halides is 3. The summed E-state index contributed by atoms with van der Waals surface area (Å²) < 4.78 is 44.5. The molecule has 12 heteroatoms. The first kappa shape index (κ1) is 22.3. The summed E-state index contributed by atoms with van der Waals surface area (Å²) in [6.45, 7) is 0. The van der Waals surface area contributed by atoms with Gasteiger partial charge in [-0.05, 0) is 42.5 Å².